The summed E-state index contributed by atoms with van der Waals surface area (Å²) in [5, 5.41) is 0. The maximum Gasteiger partial charge on any atom is 0.0438 e. The van der Waals surface area contributed by atoms with E-state index in [9.17, 15) is 0 Å². The number of nitrogens with two attached hydrogens (primary N) is 1. The van der Waals surface area contributed by atoms with Crippen molar-refractivity contribution in [2.24, 2.45) is 5.73 Å². The Morgan fingerprint density at radius 1 is 1.36 bits per heavy atom. The Labute approximate surface area is 91.1 Å². The Morgan fingerprint density at radius 3 is 2.50 bits per heavy atom. The van der Waals surface area contributed by atoms with Crippen molar-refractivity contribution in [2.75, 3.05) is 6.26 Å². The number of hydrogen-bond donors (Lipinski definition) is 1. The smallest absolute Gasteiger partial charge is 0.0438 e. The molecule has 0 saturated carbocycles. The highest BCUT2D eigenvalue weighted by Gasteiger charge is 2.26. The molecular formula is C12H19NS. The van der Waals surface area contributed by atoms with E-state index in [1.807, 2.05) is 11.8 Å². The van der Waals surface area contributed by atoms with Crippen molar-refractivity contribution < 1.29 is 0 Å². The van der Waals surface area contributed by atoms with Gasteiger partial charge in [0.05, 0.1) is 0 Å². The van der Waals surface area contributed by atoms with Crippen molar-refractivity contribution >= 4 is 11.8 Å². The first-order valence-corrected chi connectivity index (χ1v) is 6.07. The Morgan fingerprint density at radius 2 is 2.00 bits per heavy atom. The van der Waals surface area contributed by atoms with Crippen LogP contribution in [-0.2, 0) is 0 Å². The highest BCUT2D eigenvalue weighted by atomic mass is 32.2. The predicted molar refractivity (Wildman–Crippen MR) is 65.7 cm³/mol. The zero-order valence-corrected chi connectivity index (χ0v) is 10.2. The predicted octanol–water partition coefficient (Wildman–Crippen LogP) is 3.14. The van der Waals surface area contributed by atoms with E-state index in [1.165, 1.54) is 11.1 Å². The summed E-state index contributed by atoms with van der Waals surface area (Å²) in [6, 6.07) is 8.54. The molecule has 2 N–H and O–H groups in total. The molecule has 1 rings (SSSR count). The molecule has 0 aliphatic heterocycles. The molecule has 1 atom stereocenters. The number of aryl methyl sites for hydroxylation is 1. The molecule has 1 nitrogen and oxygen atoms in total. The van der Waals surface area contributed by atoms with E-state index in [0.717, 1.165) is 0 Å². The van der Waals surface area contributed by atoms with Crippen LogP contribution in [0.3, 0.4) is 0 Å². The SMILES string of the molecule is CSC(C)(C)C(N)c1cccc(C)c1. The lowest BCUT2D eigenvalue weighted by Crippen LogP contribution is -2.32. The van der Waals surface area contributed by atoms with Gasteiger partial charge in [-0.25, -0.2) is 0 Å². The van der Waals surface area contributed by atoms with Crippen LogP contribution in [0.5, 0.6) is 0 Å². The summed E-state index contributed by atoms with van der Waals surface area (Å²) in [6.45, 7) is 6.47. The Bertz CT molecular complexity index is 307. The van der Waals surface area contributed by atoms with Crippen LogP contribution in [0.2, 0.25) is 0 Å². The molecule has 0 saturated heterocycles. The summed E-state index contributed by atoms with van der Waals surface area (Å²) >= 11 is 1.81. The van der Waals surface area contributed by atoms with Gasteiger partial charge < -0.3 is 5.73 Å². The van der Waals surface area contributed by atoms with Crippen molar-refractivity contribution in [3.63, 3.8) is 0 Å². The first-order valence-electron chi connectivity index (χ1n) is 4.84. The monoisotopic (exact) mass is 209 g/mol. The zero-order valence-electron chi connectivity index (χ0n) is 9.37. The van der Waals surface area contributed by atoms with E-state index in [1.54, 1.807) is 0 Å². The Balaban J connectivity index is 2.94. The van der Waals surface area contributed by atoms with Gasteiger partial charge in [-0.3, -0.25) is 0 Å². The van der Waals surface area contributed by atoms with Gasteiger partial charge in [0.2, 0.25) is 0 Å². The first-order chi connectivity index (χ1) is 6.47. The molecule has 0 aliphatic carbocycles. The summed E-state index contributed by atoms with van der Waals surface area (Å²) in [5.41, 5.74) is 8.73. The summed E-state index contributed by atoms with van der Waals surface area (Å²) in [6.07, 6.45) is 2.11. The fourth-order valence-electron chi connectivity index (χ4n) is 1.39. The van der Waals surface area contributed by atoms with Gasteiger partial charge in [-0.05, 0) is 32.6 Å². The van der Waals surface area contributed by atoms with Gasteiger partial charge in [0.25, 0.3) is 0 Å². The largest absolute Gasteiger partial charge is 0.323 e. The highest BCUT2D eigenvalue weighted by Crippen LogP contribution is 2.33. The van der Waals surface area contributed by atoms with Crippen LogP contribution in [-0.4, -0.2) is 11.0 Å². The van der Waals surface area contributed by atoms with Crippen LogP contribution in [0.4, 0.5) is 0 Å². The lowest BCUT2D eigenvalue weighted by atomic mass is 9.95. The van der Waals surface area contributed by atoms with Crippen LogP contribution in [0.15, 0.2) is 24.3 Å². The number of hydrogen-bond acceptors (Lipinski definition) is 2. The van der Waals surface area contributed by atoms with E-state index in [-0.39, 0.29) is 10.8 Å². The lowest BCUT2D eigenvalue weighted by Gasteiger charge is -2.30. The molecule has 0 fully saturated rings. The first kappa shape index (κ1) is 11.6. The second-order valence-electron chi connectivity index (χ2n) is 4.20. The third kappa shape index (κ3) is 2.52. The van der Waals surface area contributed by atoms with Crippen molar-refractivity contribution in [3.8, 4) is 0 Å². The van der Waals surface area contributed by atoms with Gasteiger partial charge in [0.15, 0.2) is 0 Å². The Hall–Kier alpha value is -0.470. The van der Waals surface area contributed by atoms with Crippen LogP contribution >= 0.6 is 11.8 Å². The van der Waals surface area contributed by atoms with Crippen LogP contribution < -0.4 is 5.73 Å². The van der Waals surface area contributed by atoms with Crippen molar-refractivity contribution in [1.82, 2.24) is 0 Å². The van der Waals surface area contributed by atoms with E-state index < -0.39 is 0 Å². The summed E-state index contributed by atoms with van der Waals surface area (Å²) < 4.78 is 0.0911. The second-order valence-corrected chi connectivity index (χ2v) is 5.66. The molecule has 0 amide bonds. The second kappa shape index (κ2) is 4.37. The van der Waals surface area contributed by atoms with E-state index >= 15 is 0 Å². The van der Waals surface area contributed by atoms with Crippen LogP contribution in [0, 0.1) is 6.92 Å². The van der Waals surface area contributed by atoms with Crippen LogP contribution in [0.1, 0.15) is 31.0 Å². The molecule has 14 heavy (non-hydrogen) atoms. The van der Waals surface area contributed by atoms with E-state index in [4.69, 9.17) is 5.73 Å². The van der Waals surface area contributed by atoms with Crippen molar-refractivity contribution in [1.29, 1.82) is 0 Å². The van der Waals surface area contributed by atoms with Gasteiger partial charge in [-0.2, -0.15) is 11.8 Å². The maximum atomic E-state index is 6.23. The maximum absolute atomic E-state index is 6.23. The molecule has 0 bridgehead atoms. The molecule has 78 valence electrons. The summed E-state index contributed by atoms with van der Waals surface area (Å²) in [4.78, 5) is 0. The third-order valence-corrected chi connectivity index (χ3v) is 3.98. The van der Waals surface area contributed by atoms with Gasteiger partial charge in [-0.1, -0.05) is 29.8 Å². The zero-order chi connectivity index (χ0) is 10.8. The highest BCUT2D eigenvalue weighted by molar-refractivity contribution is 7.99. The van der Waals surface area contributed by atoms with Gasteiger partial charge in [0, 0.05) is 10.8 Å². The van der Waals surface area contributed by atoms with Crippen molar-refractivity contribution in [2.45, 2.75) is 31.6 Å². The topological polar surface area (TPSA) is 26.0 Å². The van der Waals surface area contributed by atoms with Gasteiger partial charge in [0.1, 0.15) is 0 Å². The fraction of sp³-hybridized carbons (Fsp3) is 0.500. The molecule has 0 heterocycles. The number of rotatable bonds is 3. The molecule has 0 aromatic heterocycles. The third-order valence-electron chi connectivity index (χ3n) is 2.68. The molecular weight excluding hydrogens is 190 g/mol. The van der Waals surface area contributed by atoms with Gasteiger partial charge in [-0.15, -0.1) is 0 Å². The van der Waals surface area contributed by atoms with Gasteiger partial charge >= 0.3 is 0 Å². The fourth-order valence-corrected chi connectivity index (χ4v) is 1.78. The molecule has 1 aromatic rings. The average Bonchev–Trinajstić information content (AvgIpc) is 2.16. The molecule has 1 unspecified atom stereocenters. The quantitative estimate of drug-likeness (QED) is 0.827. The van der Waals surface area contributed by atoms with Crippen molar-refractivity contribution in [3.05, 3.63) is 35.4 Å². The summed E-state index contributed by atoms with van der Waals surface area (Å²) in [5.74, 6) is 0. The molecule has 0 aliphatic rings. The number of thioether (sulfide) groups is 1. The minimum atomic E-state index is 0.0911. The van der Waals surface area contributed by atoms with E-state index in [2.05, 4.69) is 51.3 Å². The van der Waals surface area contributed by atoms with E-state index in [0.29, 0.717) is 0 Å². The summed E-state index contributed by atoms with van der Waals surface area (Å²) in [7, 11) is 0. The standard InChI is InChI=1S/C12H19NS/c1-9-6-5-7-10(8-9)11(13)12(2,3)14-4/h5-8,11H,13H2,1-4H3. The minimum absolute atomic E-state index is 0.0911. The molecule has 2 heteroatoms. The van der Waals surface area contributed by atoms with Crippen LogP contribution in [0.25, 0.3) is 0 Å². The molecule has 0 radical (unpaired) electrons. The average molecular weight is 209 g/mol. The number of benzene rings is 1. The Kier molecular flexibility index (Phi) is 3.62. The normalized spacial score (nSPS) is 14.1. The minimum Gasteiger partial charge on any atom is -0.323 e. The molecule has 0 spiro atoms. The molecule has 1 aromatic carbocycles. The lowest BCUT2D eigenvalue weighted by molar-refractivity contribution is 0.564.